The van der Waals surface area contributed by atoms with Gasteiger partial charge in [-0.2, -0.15) is 0 Å². The molecule has 0 saturated carbocycles. The van der Waals surface area contributed by atoms with E-state index in [1.165, 1.54) is 24.3 Å². The minimum absolute atomic E-state index is 0.0199. The lowest BCUT2D eigenvalue weighted by molar-refractivity contribution is -0.116. The van der Waals surface area contributed by atoms with Gasteiger partial charge in [0, 0.05) is 18.2 Å². The van der Waals surface area contributed by atoms with Gasteiger partial charge in [-0.3, -0.25) is 4.79 Å². The number of hydrogen-bond acceptors (Lipinski definition) is 4. The first-order valence-corrected chi connectivity index (χ1v) is 7.53. The van der Waals surface area contributed by atoms with Gasteiger partial charge in [-0.05, 0) is 37.7 Å². The van der Waals surface area contributed by atoms with Crippen molar-refractivity contribution in [3.8, 4) is 0 Å². The third-order valence-electron chi connectivity index (χ3n) is 2.51. The number of nitrogens with two attached hydrogens (primary N) is 1. The molecule has 1 aromatic carbocycles. The zero-order valence-electron chi connectivity index (χ0n) is 11.0. The van der Waals surface area contributed by atoms with E-state index in [1.54, 1.807) is 0 Å². The Morgan fingerprint density at radius 1 is 1.32 bits per heavy atom. The maximum Gasteiger partial charge on any atom is 0.238 e. The lowest BCUT2D eigenvalue weighted by Crippen LogP contribution is -2.30. The Morgan fingerprint density at radius 2 is 1.89 bits per heavy atom. The standard InChI is InChI=1S/C12H19N3O3S/c1-3-14-9(2)8-12(16)15-10-4-6-11(7-5-10)19(13,17)18/h4-7,9,14H,3,8H2,1-2H3,(H,15,16)(H2,13,17,18). The summed E-state index contributed by atoms with van der Waals surface area (Å²) in [4.78, 5) is 11.7. The van der Waals surface area contributed by atoms with Crippen LogP contribution in [-0.2, 0) is 14.8 Å². The Bertz CT molecular complexity index is 526. The van der Waals surface area contributed by atoms with E-state index in [9.17, 15) is 13.2 Å². The number of carbonyl (C=O) groups is 1. The number of rotatable bonds is 6. The SMILES string of the molecule is CCNC(C)CC(=O)Nc1ccc(S(N)(=O)=O)cc1. The molecule has 0 aliphatic carbocycles. The molecule has 1 atom stereocenters. The van der Waals surface area contributed by atoms with E-state index in [0.717, 1.165) is 6.54 Å². The molecule has 1 aromatic rings. The Balaban J connectivity index is 2.61. The zero-order chi connectivity index (χ0) is 14.5. The highest BCUT2D eigenvalue weighted by atomic mass is 32.2. The van der Waals surface area contributed by atoms with E-state index in [2.05, 4.69) is 10.6 Å². The first-order valence-electron chi connectivity index (χ1n) is 5.99. The van der Waals surface area contributed by atoms with Gasteiger partial charge >= 0.3 is 0 Å². The van der Waals surface area contributed by atoms with Crippen LogP contribution in [0.3, 0.4) is 0 Å². The lowest BCUT2D eigenvalue weighted by Gasteiger charge is -2.12. The first kappa shape index (κ1) is 15.6. The van der Waals surface area contributed by atoms with Crippen LogP contribution in [0.4, 0.5) is 5.69 Å². The smallest absolute Gasteiger partial charge is 0.238 e. The molecular weight excluding hydrogens is 266 g/mol. The monoisotopic (exact) mass is 285 g/mol. The van der Waals surface area contributed by atoms with Crippen molar-refractivity contribution in [2.45, 2.75) is 31.2 Å². The van der Waals surface area contributed by atoms with Crippen molar-refractivity contribution in [2.75, 3.05) is 11.9 Å². The molecular formula is C12H19N3O3S. The van der Waals surface area contributed by atoms with E-state index in [1.807, 2.05) is 13.8 Å². The summed E-state index contributed by atoms with van der Waals surface area (Å²) in [7, 11) is -3.70. The van der Waals surface area contributed by atoms with Gasteiger partial charge in [-0.1, -0.05) is 6.92 Å². The molecule has 1 rings (SSSR count). The fraction of sp³-hybridized carbons (Fsp3) is 0.417. The molecule has 4 N–H and O–H groups in total. The van der Waals surface area contributed by atoms with Crippen LogP contribution in [0.15, 0.2) is 29.2 Å². The van der Waals surface area contributed by atoms with Gasteiger partial charge in [-0.15, -0.1) is 0 Å². The van der Waals surface area contributed by atoms with Crippen LogP contribution in [-0.4, -0.2) is 26.9 Å². The van der Waals surface area contributed by atoms with Gasteiger partial charge in [0.2, 0.25) is 15.9 Å². The summed E-state index contributed by atoms with van der Waals surface area (Å²) in [5, 5.41) is 10.8. The highest BCUT2D eigenvalue weighted by Crippen LogP contribution is 2.13. The van der Waals surface area contributed by atoms with Crippen LogP contribution in [0.2, 0.25) is 0 Å². The lowest BCUT2D eigenvalue weighted by atomic mass is 10.2. The normalized spacial score (nSPS) is 13.0. The van der Waals surface area contributed by atoms with Crippen molar-refractivity contribution in [2.24, 2.45) is 5.14 Å². The molecule has 1 unspecified atom stereocenters. The summed E-state index contributed by atoms with van der Waals surface area (Å²) in [6, 6.07) is 5.83. The third-order valence-corrected chi connectivity index (χ3v) is 3.44. The Morgan fingerprint density at radius 3 is 2.37 bits per heavy atom. The number of benzene rings is 1. The number of nitrogens with one attached hydrogen (secondary N) is 2. The molecule has 19 heavy (non-hydrogen) atoms. The number of carbonyl (C=O) groups excluding carboxylic acids is 1. The summed E-state index contributed by atoms with van der Waals surface area (Å²) in [6.45, 7) is 4.70. The van der Waals surface area contributed by atoms with Crippen molar-refractivity contribution < 1.29 is 13.2 Å². The van der Waals surface area contributed by atoms with Gasteiger partial charge in [0.1, 0.15) is 0 Å². The number of amides is 1. The van der Waals surface area contributed by atoms with Crippen LogP contribution in [0.25, 0.3) is 0 Å². The van der Waals surface area contributed by atoms with Gasteiger partial charge in [0.15, 0.2) is 0 Å². The van der Waals surface area contributed by atoms with Gasteiger partial charge in [0.05, 0.1) is 4.90 Å². The maximum absolute atomic E-state index is 11.7. The Labute approximate surface area is 113 Å². The quantitative estimate of drug-likeness (QED) is 0.714. The summed E-state index contributed by atoms with van der Waals surface area (Å²) in [6.07, 6.45) is 0.352. The minimum Gasteiger partial charge on any atom is -0.326 e. The summed E-state index contributed by atoms with van der Waals surface area (Å²) >= 11 is 0. The van der Waals surface area contributed by atoms with Crippen LogP contribution in [0.1, 0.15) is 20.3 Å². The molecule has 7 heteroatoms. The molecule has 0 aliphatic heterocycles. The zero-order valence-corrected chi connectivity index (χ0v) is 11.8. The average Bonchev–Trinajstić information content (AvgIpc) is 2.28. The van der Waals surface area contributed by atoms with Crippen LogP contribution >= 0.6 is 0 Å². The second-order valence-electron chi connectivity index (χ2n) is 4.28. The van der Waals surface area contributed by atoms with Crippen molar-refractivity contribution >= 4 is 21.6 Å². The molecule has 0 aromatic heterocycles. The Kier molecular flexibility index (Phi) is 5.46. The fourth-order valence-electron chi connectivity index (χ4n) is 1.64. The van der Waals surface area contributed by atoms with Crippen LogP contribution in [0.5, 0.6) is 0 Å². The molecule has 0 spiro atoms. The molecule has 1 amide bonds. The second kappa shape index (κ2) is 6.65. The molecule has 0 fully saturated rings. The predicted molar refractivity (Wildman–Crippen MR) is 74.2 cm³/mol. The minimum atomic E-state index is -3.70. The third kappa shape index (κ3) is 5.37. The molecule has 0 bridgehead atoms. The molecule has 0 radical (unpaired) electrons. The van der Waals surface area contributed by atoms with E-state index in [4.69, 9.17) is 5.14 Å². The van der Waals surface area contributed by atoms with E-state index >= 15 is 0 Å². The second-order valence-corrected chi connectivity index (χ2v) is 5.84. The highest BCUT2D eigenvalue weighted by Gasteiger charge is 2.10. The first-order chi connectivity index (χ1) is 8.82. The largest absolute Gasteiger partial charge is 0.326 e. The van der Waals surface area contributed by atoms with Crippen molar-refractivity contribution in [3.63, 3.8) is 0 Å². The van der Waals surface area contributed by atoms with Crippen molar-refractivity contribution in [3.05, 3.63) is 24.3 Å². The summed E-state index contributed by atoms with van der Waals surface area (Å²) in [5.41, 5.74) is 0.543. The molecule has 6 nitrogen and oxygen atoms in total. The average molecular weight is 285 g/mol. The molecule has 106 valence electrons. The molecule has 0 saturated heterocycles. The molecule has 0 heterocycles. The number of primary sulfonamides is 1. The summed E-state index contributed by atoms with van der Waals surface area (Å²) < 4.78 is 22.1. The highest BCUT2D eigenvalue weighted by molar-refractivity contribution is 7.89. The van der Waals surface area contributed by atoms with Gasteiger partial charge in [0.25, 0.3) is 0 Å². The predicted octanol–water partition coefficient (Wildman–Crippen LogP) is 0.661. The van der Waals surface area contributed by atoms with Crippen molar-refractivity contribution in [1.82, 2.24) is 5.32 Å². The van der Waals surface area contributed by atoms with Gasteiger partial charge < -0.3 is 10.6 Å². The molecule has 0 aliphatic rings. The topological polar surface area (TPSA) is 101 Å². The van der Waals surface area contributed by atoms with E-state index < -0.39 is 10.0 Å². The fourth-order valence-corrected chi connectivity index (χ4v) is 2.15. The van der Waals surface area contributed by atoms with Crippen LogP contribution in [0, 0.1) is 0 Å². The number of anilines is 1. The van der Waals surface area contributed by atoms with E-state index in [0.29, 0.717) is 12.1 Å². The summed E-state index contributed by atoms with van der Waals surface area (Å²) in [5.74, 6) is -0.128. The van der Waals surface area contributed by atoms with Crippen molar-refractivity contribution in [1.29, 1.82) is 0 Å². The number of hydrogen-bond donors (Lipinski definition) is 3. The van der Waals surface area contributed by atoms with Crippen LogP contribution < -0.4 is 15.8 Å². The number of sulfonamides is 1. The maximum atomic E-state index is 11.7. The Hall–Kier alpha value is -1.44. The van der Waals surface area contributed by atoms with Gasteiger partial charge in [-0.25, -0.2) is 13.6 Å². The van der Waals surface area contributed by atoms with E-state index in [-0.39, 0.29) is 16.8 Å².